The Hall–Kier alpha value is -1.51. The zero-order valence-electron chi connectivity index (χ0n) is 9.06. The number of hydrogen-bond acceptors (Lipinski definition) is 3. The number of nitriles is 1. The Morgan fingerprint density at radius 2 is 2.00 bits per heavy atom. The highest BCUT2D eigenvalue weighted by Gasteiger charge is 2.24. The summed E-state index contributed by atoms with van der Waals surface area (Å²) in [5.41, 5.74) is 0.504. The fourth-order valence-corrected chi connectivity index (χ4v) is 3.08. The lowest BCUT2D eigenvalue weighted by Crippen LogP contribution is -2.10. The van der Waals surface area contributed by atoms with Gasteiger partial charge in [0, 0.05) is 4.47 Å². The van der Waals surface area contributed by atoms with Crippen molar-refractivity contribution in [2.75, 3.05) is 0 Å². The molecule has 18 heavy (non-hydrogen) atoms. The molecule has 1 atom stereocenters. The average molecular weight is 324 g/mol. The van der Waals surface area contributed by atoms with Gasteiger partial charge >= 0.3 is 0 Å². The number of rotatable bonds is 3. The minimum atomic E-state index is -0.902. The van der Waals surface area contributed by atoms with Crippen LogP contribution in [0.1, 0.15) is 21.2 Å². The van der Waals surface area contributed by atoms with Crippen LogP contribution in [0.25, 0.3) is 0 Å². The van der Waals surface area contributed by atoms with Crippen LogP contribution in [0.3, 0.4) is 0 Å². The first-order valence-electron chi connectivity index (χ1n) is 5.05. The zero-order chi connectivity index (χ0) is 13.1. The summed E-state index contributed by atoms with van der Waals surface area (Å²) in [7, 11) is 0. The number of carbonyl (C=O) groups is 1. The highest BCUT2D eigenvalue weighted by molar-refractivity contribution is 9.10. The van der Waals surface area contributed by atoms with Crippen LogP contribution < -0.4 is 0 Å². The Labute approximate surface area is 116 Å². The van der Waals surface area contributed by atoms with Crippen molar-refractivity contribution in [2.24, 2.45) is 0 Å². The molecular weight excluding hydrogens is 317 g/mol. The molecule has 5 heteroatoms. The third-order valence-corrected chi connectivity index (χ3v) is 4.29. The van der Waals surface area contributed by atoms with Crippen LogP contribution in [0.15, 0.2) is 40.2 Å². The fraction of sp³-hybridized carbons (Fsp3) is 0.0769. The van der Waals surface area contributed by atoms with Gasteiger partial charge in [-0.3, -0.25) is 4.79 Å². The molecule has 0 fully saturated rings. The molecule has 1 aromatic carbocycles. The molecule has 2 nitrogen and oxygen atoms in total. The Morgan fingerprint density at radius 1 is 1.33 bits per heavy atom. The summed E-state index contributed by atoms with van der Waals surface area (Å²) < 4.78 is 13.5. The summed E-state index contributed by atoms with van der Waals surface area (Å²) in [5, 5.41) is 10.9. The Balaban J connectivity index is 2.36. The molecule has 0 saturated carbocycles. The second kappa shape index (κ2) is 5.42. The van der Waals surface area contributed by atoms with Crippen LogP contribution in [0, 0.1) is 17.1 Å². The van der Waals surface area contributed by atoms with E-state index in [-0.39, 0.29) is 11.6 Å². The number of benzene rings is 1. The molecule has 0 radical (unpaired) electrons. The van der Waals surface area contributed by atoms with E-state index in [0.717, 1.165) is 0 Å². The van der Waals surface area contributed by atoms with Crippen molar-refractivity contribution >= 4 is 33.0 Å². The number of halogens is 2. The maximum atomic E-state index is 12.8. The average Bonchev–Trinajstić information content (AvgIpc) is 2.78. The Bertz CT molecular complexity index is 615. The zero-order valence-corrected chi connectivity index (χ0v) is 11.5. The van der Waals surface area contributed by atoms with Crippen molar-refractivity contribution in [1.82, 2.24) is 0 Å². The van der Waals surface area contributed by atoms with Gasteiger partial charge in [-0.1, -0.05) is 12.1 Å². The second-order valence-corrected chi connectivity index (χ2v) is 5.35. The van der Waals surface area contributed by atoms with Gasteiger partial charge in [0.15, 0.2) is 5.78 Å². The lowest BCUT2D eigenvalue weighted by atomic mass is 9.95. The first-order chi connectivity index (χ1) is 8.63. The quantitative estimate of drug-likeness (QED) is 0.796. The number of ketones is 1. The topological polar surface area (TPSA) is 40.9 Å². The third-order valence-electron chi connectivity index (χ3n) is 2.44. The van der Waals surface area contributed by atoms with Gasteiger partial charge < -0.3 is 0 Å². The van der Waals surface area contributed by atoms with E-state index in [0.29, 0.717) is 14.9 Å². The van der Waals surface area contributed by atoms with Crippen molar-refractivity contribution in [3.63, 3.8) is 0 Å². The molecule has 1 heterocycles. The molecule has 0 N–H and O–H groups in total. The van der Waals surface area contributed by atoms with E-state index in [2.05, 4.69) is 15.9 Å². The molecule has 0 amide bonds. The molecule has 2 aromatic rings. The highest BCUT2D eigenvalue weighted by Crippen LogP contribution is 2.29. The lowest BCUT2D eigenvalue weighted by molar-refractivity contribution is 0.0982. The summed E-state index contributed by atoms with van der Waals surface area (Å²) in [6.45, 7) is 0. The highest BCUT2D eigenvalue weighted by atomic mass is 79.9. The second-order valence-electron chi connectivity index (χ2n) is 3.58. The van der Waals surface area contributed by atoms with Gasteiger partial charge in [0.25, 0.3) is 0 Å². The summed E-state index contributed by atoms with van der Waals surface area (Å²) >= 11 is 4.55. The van der Waals surface area contributed by atoms with Crippen LogP contribution in [0.5, 0.6) is 0 Å². The van der Waals surface area contributed by atoms with Gasteiger partial charge in [0.2, 0.25) is 0 Å². The van der Waals surface area contributed by atoms with Gasteiger partial charge in [-0.2, -0.15) is 5.26 Å². The minimum absolute atomic E-state index is 0.272. The van der Waals surface area contributed by atoms with Gasteiger partial charge in [-0.25, -0.2) is 4.39 Å². The fourth-order valence-electron chi connectivity index (χ4n) is 1.54. The monoisotopic (exact) mass is 323 g/mol. The molecule has 1 aromatic heterocycles. The molecular formula is C13H7BrFNOS. The van der Waals surface area contributed by atoms with Crippen LogP contribution in [0.2, 0.25) is 0 Å². The van der Waals surface area contributed by atoms with E-state index in [4.69, 9.17) is 5.26 Å². The standard InChI is InChI=1S/C13H7BrFNOS/c14-11-5-6-18-13(11)12(17)10(7-16)8-1-3-9(15)4-2-8/h1-6,10H. The summed E-state index contributed by atoms with van der Waals surface area (Å²) in [6.07, 6.45) is 0. The number of hydrogen-bond donors (Lipinski definition) is 0. The van der Waals surface area contributed by atoms with Crippen molar-refractivity contribution < 1.29 is 9.18 Å². The normalized spacial score (nSPS) is 11.8. The lowest BCUT2D eigenvalue weighted by Gasteiger charge is -2.07. The summed E-state index contributed by atoms with van der Waals surface area (Å²) in [4.78, 5) is 12.7. The maximum absolute atomic E-state index is 12.8. The van der Waals surface area contributed by atoms with Gasteiger partial charge in [0.1, 0.15) is 11.7 Å². The maximum Gasteiger partial charge on any atom is 0.195 e. The number of thiophene rings is 1. The number of carbonyl (C=O) groups excluding carboxylic acids is 1. The number of Topliss-reactive ketones (excluding diaryl/α,β-unsaturated/α-hetero) is 1. The first-order valence-corrected chi connectivity index (χ1v) is 6.73. The predicted octanol–water partition coefficient (Wildman–Crippen LogP) is 4.14. The van der Waals surface area contributed by atoms with Crippen LogP contribution in [0.4, 0.5) is 4.39 Å². The van der Waals surface area contributed by atoms with E-state index < -0.39 is 5.92 Å². The van der Waals surface area contributed by atoms with E-state index in [1.165, 1.54) is 35.6 Å². The van der Waals surface area contributed by atoms with Gasteiger partial charge in [0.05, 0.1) is 10.9 Å². The summed E-state index contributed by atoms with van der Waals surface area (Å²) in [5.74, 6) is -1.56. The number of nitrogens with zero attached hydrogens (tertiary/aromatic N) is 1. The van der Waals surface area contributed by atoms with E-state index >= 15 is 0 Å². The molecule has 90 valence electrons. The molecule has 0 aliphatic rings. The van der Waals surface area contributed by atoms with Gasteiger partial charge in [-0.05, 0) is 45.1 Å². The molecule has 0 aliphatic carbocycles. The molecule has 0 bridgehead atoms. The van der Waals surface area contributed by atoms with Crippen molar-refractivity contribution in [3.8, 4) is 6.07 Å². The molecule has 1 unspecified atom stereocenters. The van der Waals surface area contributed by atoms with E-state index in [9.17, 15) is 9.18 Å². The largest absolute Gasteiger partial charge is 0.291 e. The van der Waals surface area contributed by atoms with Crippen molar-refractivity contribution in [3.05, 3.63) is 56.4 Å². The predicted molar refractivity (Wildman–Crippen MR) is 71.1 cm³/mol. The Morgan fingerprint density at radius 3 is 2.50 bits per heavy atom. The molecule has 0 spiro atoms. The van der Waals surface area contributed by atoms with E-state index in [1.807, 2.05) is 6.07 Å². The smallest absolute Gasteiger partial charge is 0.195 e. The minimum Gasteiger partial charge on any atom is -0.291 e. The molecule has 2 rings (SSSR count). The molecule has 0 aliphatic heterocycles. The van der Waals surface area contributed by atoms with Crippen molar-refractivity contribution in [1.29, 1.82) is 5.26 Å². The Kier molecular flexibility index (Phi) is 3.90. The molecule has 0 saturated heterocycles. The first kappa shape index (κ1) is 12.9. The van der Waals surface area contributed by atoms with Crippen molar-refractivity contribution in [2.45, 2.75) is 5.92 Å². The summed E-state index contributed by atoms with van der Waals surface area (Å²) in [6, 6.07) is 9.14. The SMILES string of the molecule is N#CC(C(=O)c1sccc1Br)c1ccc(F)cc1. The van der Waals surface area contributed by atoms with Crippen LogP contribution >= 0.6 is 27.3 Å². The van der Waals surface area contributed by atoms with E-state index in [1.54, 1.807) is 11.4 Å². The third kappa shape index (κ3) is 2.50. The van der Waals surface area contributed by atoms with Gasteiger partial charge in [-0.15, -0.1) is 11.3 Å². The van der Waals surface area contributed by atoms with Crippen LogP contribution in [-0.2, 0) is 0 Å². The van der Waals surface area contributed by atoms with Crippen LogP contribution in [-0.4, -0.2) is 5.78 Å².